The van der Waals surface area contributed by atoms with Crippen molar-refractivity contribution in [2.45, 2.75) is 355 Å². The Morgan fingerprint density at radius 3 is 0.800 bits per heavy atom. The maximum absolute atomic E-state index is 13.0. The molecule has 3 N–H and O–H groups in total. The third-order valence-corrected chi connectivity index (χ3v) is 17.2. The van der Waals surface area contributed by atoms with Gasteiger partial charge in [0.05, 0.1) is 26.4 Å². The van der Waals surface area contributed by atoms with Gasteiger partial charge >= 0.3 is 39.5 Å². The molecule has 2 unspecified atom stereocenters. The Morgan fingerprint density at radius 1 is 0.318 bits per heavy atom. The molecule has 0 aromatic heterocycles. The molecule has 0 aromatic rings. The van der Waals surface area contributed by atoms with Crippen LogP contribution in [0.5, 0.6) is 0 Å². The topological polar surface area (TPSA) is 237 Å². The van der Waals surface area contributed by atoms with E-state index < -0.39 is 97.5 Å². The number of phosphoric acid groups is 2. The highest BCUT2D eigenvalue weighted by Gasteiger charge is 2.30. The molecule has 0 amide bonds. The lowest BCUT2D eigenvalue weighted by Gasteiger charge is -2.21. The van der Waals surface area contributed by atoms with Gasteiger partial charge in [-0.25, -0.2) is 9.13 Å². The van der Waals surface area contributed by atoms with Crippen LogP contribution in [-0.2, 0) is 65.4 Å². The second kappa shape index (κ2) is 59.7. The molecule has 0 aliphatic carbocycles. The number of carbonyl (C=O) groups excluding carboxylic acids is 4. The van der Waals surface area contributed by atoms with Gasteiger partial charge in [-0.3, -0.25) is 37.3 Å². The summed E-state index contributed by atoms with van der Waals surface area (Å²) in [7, 11) is -9.88. The van der Waals surface area contributed by atoms with Crippen molar-refractivity contribution < 1.29 is 80.2 Å². The van der Waals surface area contributed by atoms with Gasteiger partial charge in [0.1, 0.15) is 19.3 Å². The van der Waals surface area contributed by atoms with Gasteiger partial charge in [-0.1, -0.05) is 285 Å². The number of unbranched alkanes of at least 4 members (excludes halogenated alkanes) is 38. The number of aliphatic hydroxyl groups excluding tert-OH is 1. The predicted molar refractivity (Wildman–Crippen MR) is 340 cm³/mol. The molecule has 0 rings (SSSR count). The summed E-state index contributed by atoms with van der Waals surface area (Å²) in [6.07, 6.45) is 44.8. The summed E-state index contributed by atoms with van der Waals surface area (Å²) in [5.74, 6) is -1.36. The van der Waals surface area contributed by atoms with Crippen LogP contribution < -0.4 is 0 Å². The van der Waals surface area contributed by atoms with E-state index in [-0.39, 0.29) is 25.7 Å². The minimum absolute atomic E-state index is 0.105. The Balaban J connectivity index is 5.15. The lowest BCUT2D eigenvalue weighted by molar-refractivity contribution is -0.161. The number of carbonyl (C=O) groups is 4. The van der Waals surface area contributed by atoms with Gasteiger partial charge in [0.25, 0.3) is 0 Å². The van der Waals surface area contributed by atoms with E-state index in [0.29, 0.717) is 25.7 Å². The molecule has 0 bridgehead atoms. The normalized spacial score (nSPS) is 14.2. The van der Waals surface area contributed by atoms with Crippen LogP contribution in [-0.4, -0.2) is 96.7 Å². The van der Waals surface area contributed by atoms with Gasteiger partial charge in [-0.2, -0.15) is 0 Å². The van der Waals surface area contributed by atoms with E-state index in [4.69, 9.17) is 37.0 Å². The maximum Gasteiger partial charge on any atom is 0.472 e. The first-order chi connectivity index (χ1) is 41.0. The third-order valence-electron chi connectivity index (χ3n) is 15.3. The van der Waals surface area contributed by atoms with Crippen molar-refractivity contribution in [3.05, 3.63) is 0 Å². The monoisotopic (exact) mass is 1250 g/mol. The number of hydrogen-bond acceptors (Lipinski definition) is 15. The summed E-state index contributed by atoms with van der Waals surface area (Å²) in [6, 6.07) is 0. The molecule has 0 spiro atoms. The van der Waals surface area contributed by atoms with Crippen molar-refractivity contribution in [1.82, 2.24) is 0 Å². The van der Waals surface area contributed by atoms with Gasteiger partial charge in [0.15, 0.2) is 12.2 Å². The SMILES string of the molecule is CCCCCCCCCCCCCCCCCCC(=O)O[C@H](COC(=O)CCCCCCCCCCCCCCC(C)C)COP(=O)(O)OC[C@@H](O)COP(=O)(O)OC[C@@H](COC(=O)CCCCCCC)OC(=O)CCCCCCCCCCC. The molecule has 85 heavy (non-hydrogen) atoms. The van der Waals surface area contributed by atoms with E-state index >= 15 is 0 Å². The molecule has 5 atom stereocenters. The summed E-state index contributed by atoms with van der Waals surface area (Å²) >= 11 is 0. The standard InChI is InChI=1S/C66H128O17P2/c1-6-9-12-15-17-19-20-21-22-23-24-29-33-37-42-47-52-66(71)83-62(56-77-64(69)50-45-40-35-32-28-26-25-27-31-34-39-43-48-59(4)5)58-81-85(74,75)79-54-60(67)53-78-84(72,73)80-57-61(55-76-63(68)49-44-38-14-11-8-3)82-65(70)51-46-41-36-30-18-16-13-10-7-2/h59-62,67H,6-58H2,1-5H3,(H,72,73)(H,74,75)/t60-,61+,62+/m0/s1. The van der Waals surface area contributed by atoms with Crippen LogP contribution >= 0.6 is 15.6 Å². The number of rotatable bonds is 66. The number of phosphoric ester groups is 2. The zero-order valence-electron chi connectivity index (χ0n) is 54.7. The van der Waals surface area contributed by atoms with Gasteiger partial charge < -0.3 is 33.8 Å². The second-order valence-corrected chi connectivity index (χ2v) is 27.2. The number of ether oxygens (including phenoxy) is 4. The van der Waals surface area contributed by atoms with Crippen molar-refractivity contribution in [2.24, 2.45) is 5.92 Å². The molecule has 19 heteroatoms. The number of esters is 4. The zero-order chi connectivity index (χ0) is 62.8. The van der Waals surface area contributed by atoms with E-state index in [2.05, 4.69) is 34.6 Å². The van der Waals surface area contributed by atoms with Crippen molar-refractivity contribution >= 4 is 39.5 Å². The van der Waals surface area contributed by atoms with Gasteiger partial charge in [0, 0.05) is 25.7 Å². The molecular formula is C66H128O17P2. The first kappa shape index (κ1) is 83.1. The fraction of sp³-hybridized carbons (Fsp3) is 0.939. The minimum atomic E-state index is -4.95. The highest BCUT2D eigenvalue weighted by Crippen LogP contribution is 2.45. The second-order valence-electron chi connectivity index (χ2n) is 24.3. The van der Waals surface area contributed by atoms with Crippen molar-refractivity contribution in [3.63, 3.8) is 0 Å². The van der Waals surface area contributed by atoms with E-state index in [1.807, 2.05) is 0 Å². The van der Waals surface area contributed by atoms with Crippen LogP contribution in [0.4, 0.5) is 0 Å². The third kappa shape index (κ3) is 60.7. The largest absolute Gasteiger partial charge is 0.472 e. The van der Waals surface area contributed by atoms with Crippen LogP contribution in [0.1, 0.15) is 336 Å². The average molecular weight is 1260 g/mol. The van der Waals surface area contributed by atoms with E-state index in [1.165, 1.54) is 154 Å². The molecule has 17 nitrogen and oxygen atoms in total. The van der Waals surface area contributed by atoms with Gasteiger partial charge in [-0.15, -0.1) is 0 Å². The Morgan fingerprint density at radius 2 is 0.541 bits per heavy atom. The lowest BCUT2D eigenvalue weighted by atomic mass is 10.0. The maximum atomic E-state index is 13.0. The van der Waals surface area contributed by atoms with E-state index in [1.54, 1.807) is 0 Å². The smallest absolute Gasteiger partial charge is 0.462 e. The molecule has 0 fully saturated rings. The minimum Gasteiger partial charge on any atom is -0.462 e. The summed E-state index contributed by atoms with van der Waals surface area (Å²) in [5.41, 5.74) is 0. The summed E-state index contributed by atoms with van der Waals surface area (Å²) < 4.78 is 67.9. The fourth-order valence-corrected chi connectivity index (χ4v) is 11.5. The van der Waals surface area contributed by atoms with Crippen LogP contribution in [0.15, 0.2) is 0 Å². The molecule has 0 aliphatic rings. The summed E-state index contributed by atoms with van der Waals surface area (Å²) in [4.78, 5) is 72.0. The zero-order valence-corrected chi connectivity index (χ0v) is 56.5. The molecule has 0 heterocycles. The highest BCUT2D eigenvalue weighted by molar-refractivity contribution is 7.47. The molecule has 0 saturated carbocycles. The Hall–Kier alpha value is -1.94. The molecular weight excluding hydrogens is 1130 g/mol. The first-order valence-electron chi connectivity index (χ1n) is 34.6. The number of hydrogen-bond donors (Lipinski definition) is 3. The Bertz CT molecular complexity index is 1650. The van der Waals surface area contributed by atoms with Crippen molar-refractivity contribution in [3.8, 4) is 0 Å². The van der Waals surface area contributed by atoms with Crippen LogP contribution in [0.2, 0.25) is 0 Å². The van der Waals surface area contributed by atoms with Crippen molar-refractivity contribution in [2.75, 3.05) is 39.6 Å². The van der Waals surface area contributed by atoms with E-state index in [0.717, 1.165) is 102 Å². The van der Waals surface area contributed by atoms with Crippen LogP contribution in [0.25, 0.3) is 0 Å². The Labute approximate surface area is 517 Å². The van der Waals surface area contributed by atoms with Crippen LogP contribution in [0, 0.1) is 5.92 Å². The molecule has 0 aliphatic heterocycles. The quantitative estimate of drug-likeness (QED) is 0.0222. The fourth-order valence-electron chi connectivity index (χ4n) is 9.94. The highest BCUT2D eigenvalue weighted by atomic mass is 31.2. The van der Waals surface area contributed by atoms with Crippen molar-refractivity contribution in [1.29, 1.82) is 0 Å². The number of aliphatic hydroxyl groups is 1. The Kier molecular flexibility index (Phi) is 58.3. The molecule has 0 saturated heterocycles. The molecule has 504 valence electrons. The lowest BCUT2D eigenvalue weighted by Crippen LogP contribution is -2.30. The van der Waals surface area contributed by atoms with Crippen LogP contribution in [0.3, 0.4) is 0 Å². The van der Waals surface area contributed by atoms with Gasteiger partial charge in [0.2, 0.25) is 0 Å². The molecule has 0 radical (unpaired) electrons. The van der Waals surface area contributed by atoms with Gasteiger partial charge in [-0.05, 0) is 31.6 Å². The first-order valence-corrected chi connectivity index (χ1v) is 37.6. The summed E-state index contributed by atoms with van der Waals surface area (Å²) in [5, 5.41) is 10.5. The van der Waals surface area contributed by atoms with E-state index in [9.17, 15) is 43.2 Å². The molecule has 0 aromatic carbocycles. The average Bonchev–Trinajstić information content (AvgIpc) is 3.58. The predicted octanol–water partition coefficient (Wildman–Crippen LogP) is 18.6. The summed E-state index contributed by atoms with van der Waals surface area (Å²) in [6.45, 7) is 7.13.